The van der Waals surface area contributed by atoms with Gasteiger partial charge in [0.15, 0.2) is 11.5 Å². The molecule has 1 aliphatic carbocycles. The highest BCUT2D eigenvalue weighted by Crippen LogP contribution is 2.34. The van der Waals surface area contributed by atoms with Crippen LogP contribution in [0.5, 0.6) is 17.2 Å². The smallest absolute Gasteiger partial charge is 0.161 e. The Labute approximate surface area is 125 Å². The maximum atomic E-state index is 6.12. The summed E-state index contributed by atoms with van der Waals surface area (Å²) in [5.41, 5.74) is 0. The number of benzene rings is 2. The van der Waals surface area contributed by atoms with Crippen molar-refractivity contribution in [1.82, 2.24) is 0 Å². The molecular weight excluding hydrogens is 264 g/mol. The van der Waals surface area contributed by atoms with E-state index in [4.69, 9.17) is 14.2 Å². The molecule has 1 aliphatic rings. The van der Waals surface area contributed by atoms with Crippen LogP contribution in [0, 0.1) is 0 Å². The zero-order valence-corrected chi connectivity index (χ0v) is 12.7. The molecule has 3 rings (SSSR count). The van der Waals surface area contributed by atoms with Crippen molar-refractivity contribution in [2.45, 2.75) is 38.2 Å². The van der Waals surface area contributed by atoms with Crippen molar-refractivity contribution in [3.63, 3.8) is 0 Å². The molecule has 3 heteroatoms. The summed E-state index contributed by atoms with van der Waals surface area (Å²) in [5, 5.41) is 2.24. The van der Waals surface area contributed by atoms with E-state index in [1.165, 1.54) is 32.1 Å². The van der Waals surface area contributed by atoms with Crippen molar-refractivity contribution in [3.05, 3.63) is 30.3 Å². The highest BCUT2D eigenvalue weighted by Gasteiger charge is 2.15. The summed E-state index contributed by atoms with van der Waals surface area (Å²) in [6, 6.07) is 10.2. The van der Waals surface area contributed by atoms with Gasteiger partial charge in [-0.05, 0) is 60.7 Å². The zero-order valence-electron chi connectivity index (χ0n) is 12.7. The van der Waals surface area contributed by atoms with E-state index in [1.807, 2.05) is 18.2 Å². The molecule has 0 atom stereocenters. The topological polar surface area (TPSA) is 27.7 Å². The summed E-state index contributed by atoms with van der Waals surface area (Å²) in [4.78, 5) is 0. The Kier molecular flexibility index (Phi) is 4.18. The first-order valence-corrected chi connectivity index (χ1v) is 7.62. The number of hydrogen-bond acceptors (Lipinski definition) is 3. The van der Waals surface area contributed by atoms with Crippen LogP contribution in [0.1, 0.15) is 32.1 Å². The van der Waals surface area contributed by atoms with Gasteiger partial charge in [-0.3, -0.25) is 0 Å². The van der Waals surface area contributed by atoms with Gasteiger partial charge in [-0.15, -0.1) is 0 Å². The zero-order chi connectivity index (χ0) is 14.7. The lowest BCUT2D eigenvalue weighted by atomic mass is 9.98. The molecule has 0 aliphatic heterocycles. The number of fused-ring (bicyclic) bond motifs is 1. The molecule has 21 heavy (non-hydrogen) atoms. The summed E-state index contributed by atoms with van der Waals surface area (Å²) in [6.45, 7) is 0. The highest BCUT2D eigenvalue weighted by molar-refractivity contribution is 5.87. The van der Waals surface area contributed by atoms with Gasteiger partial charge in [0, 0.05) is 0 Å². The van der Waals surface area contributed by atoms with Gasteiger partial charge in [-0.25, -0.2) is 0 Å². The van der Waals surface area contributed by atoms with Gasteiger partial charge >= 0.3 is 0 Å². The average Bonchev–Trinajstić information content (AvgIpc) is 2.54. The standard InChI is InChI=1S/C18H22O3/c1-19-17-11-13-8-9-16(10-14(13)12-18(17)20-2)21-15-6-4-3-5-7-15/h8-12,15H,3-7H2,1-2H3. The first-order valence-electron chi connectivity index (χ1n) is 7.62. The number of rotatable bonds is 4. The third-order valence-corrected chi connectivity index (χ3v) is 4.17. The molecule has 0 N–H and O–H groups in total. The van der Waals surface area contributed by atoms with Gasteiger partial charge in [0.05, 0.1) is 20.3 Å². The molecule has 0 heterocycles. The summed E-state index contributed by atoms with van der Waals surface area (Å²) in [7, 11) is 3.32. The van der Waals surface area contributed by atoms with Crippen molar-refractivity contribution in [2.75, 3.05) is 14.2 Å². The fourth-order valence-corrected chi connectivity index (χ4v) is 3.00. The predicted molar refractivity (Wildman–Crippen MR) is 84.6 cm³/mol. The molecule has 0 amide bonds. The summed E-state index contributed by atoms with van der Waals surface area (Å²) in [5.74, 6) is 2.45. The van der Waals surface area contributed by atoms with E-state index in [1.54, 1.807) is 14.2 Å². The maximum Gasteiger partial charge on any atom is 0.161 e. The Morgan fingerprint density at radius 1 is 0.810 bits per heavy atom. The Morgan fingerprint density at radius 3 is 2.14 bits per heavy atom. The fourth-order valence-electron chi connectivity index (χ4n) is 3.00. The Hall–Kier alpha value is -1.90. The van der Waals surface area contributed by atoms with Gasteiger partial charge in [-0.2, -0.15) is 0 Å². The minimum absolute atomic E-state index is 0.372. The van der Waals surface area contributed by atoms with Crippen LogP contribution in [0.4, 0.5) is 0 Å². The molecule has 3 nitrogen and oxygen atoms in total. The van der Waals surface area contributed by atoms with E-state index >= 15 is 0 Å². The molecule has 2 aromatic carbocycles. The van der Waals surface area contributed by atoms with Gasteiger partial charge in [0.25, 0.3) is 0 Å². The normalized spacial score (nSPS) is 15.9. The fraction of sp³-hybridized carbons (Fsp3) is 0.444. The van der Waals surface area contributed by atoms with Gasteiger partial charge in [0.1, 0.15) is 5.75 Å². The summed E-state index contributed by atoms with van der Waals surface area (Å²) in [6.07, 6.45) is 6.62. The molecule has 0 spiro atoms. The highest BCUT2D eigenvalue weighted by atomic mass is 16.5. The molecule has 0 bridgehead atoms. The maximum absolute atomic E-state index is 6.12. The van der Waals surface area contributed by atoms with Gasteiger partial charge in [-0.1, -0.05) is 12.5 Å². The second-order valence-corrected chi connectivity index (χ2v) is 5.59. The van der Waals surface area contributed by atoms with E-state index in [-0.39, 0.29) is 0 Å². The first-order chi connectivity index (χ1) is 10.3. The van der Waals surface area contributed by atoms with Crippen LogP contribution in [0.15, 0.2) is 30.3 Å². The molecule has 0 aromatic heterocycles. The number of methoxy groups -OCH3 is 2. The SMILES string of the molecule is COc1cc2ccc(OC3CCCCC3)cc2cc1OC. The number of hydrogen-bond donors (Lipinski definition) is 0. The Balaban J connectivity index is 1.88. The van der Waals surface area contributed by atoms with Crippen molar-refractivity contribution in [3.8, 4) is 17.2 Å². The second-order valence-electron chi connectivity index (χ2n) is 5.59. The average molecular weight is 286 g/mol. The molecular formula is C18H22O3. The van der Waals surface area contributed by atoms with Crippen molar-refractivity contribution < 1.29 is 14.2 Å². The minimum atomic E-state index is 0.372. The third kappa shape index (κ3) is 3.07. The van der Waals surface area contributed by atoms with Crippen LogP contribution >= 0.6 is 0 Å². The molecule has 1 fully saturated rings. The van der Waals surface area contributed by atoms with E-state index in [0.717, 1.165) is 28.0 Å². The Bertz CT molecular complexity index is 615. The van der Waals surface area contributed by atoms with Crippen molar-refractivity contribution in [1.29, 1.82) is 0 Å². The lowest BCUT2D eigenvalue weighted by molar-refractivity contribution is 0.155. The van der Waals surface area contributed by atoms with Crippen LogP contribution in [0.25, 0.3) is 10.8 Å². The molecule has 112 valence electrons. The largest absolute Gasteiger partial charge is 0.493 e. The predicted octanol–water partition coefficient (Wildman–Crippen LogP) is 4.57. The number of ether oxygens (including phenoxy) is 3. The van der Waals surface area contributed by atoms with Crippen LogP contribution in [-0.4, -0.2) is 20.3 Å². The van der Waals surface area contributed by atoms with Gasteiger partial charge < -0.3 is 14.2 Å². The van der Waals surface area contributed by atoms with Crippen molar-refractivity contribution >= 4 is 10.8 Å². The summed E-state index contributed by atoms with van der Waals surface area (Å²) < 4.78 is 16.8. The molecule has 0 radical (unpaired) electrons. The van der Waals surface area contributed by atoms with Crippen LogP contribution in [0.3, 0.4) is 0 Å². The first kappa shape index (κ1) is 14.1. The van der Waals surface area contributed by atoms with Crippen LogP contribution in [-0.2, 0) is 0 Å². The van der Waals surface area contributed by atoms with Crippen LogP contribution < -0.4 is 14.2 Å². The lowest BCUT2D eigenvalue weighted by Crippen LogP contribution is -2.19. The van der Waals surface area contributed by atoms with E-state index < -0.39 is 0 Å². The minimum Gasteiger partial charge on any atom is -0.493 e. The monoisotopic (exact) mass is 286 g/mol. The second kappa shape index (κ2) is 6.25. The molecule has 0 saturated heterocycles. The Morgan fingerprint density at radius 2 is 1.48 bits per heavy atom. The van der Waals surface area contributed by atoms with E-state index in [0.29, 0.717) is 6.10 Å². The molecule has 2 aromatic rings. The van der Waals surface area contributed by atoms with Crippen molar-refractivity contribution in [2.24, 2.45) is 0 Å². The lowest BCUT2D eigenvalue weighted by Gasteiger charge is -2.23. The quantitative estimate of drug-likeness (QED) is 0.824. The van der Waals surface area contributed by atoms with E-state index in [2.05, 4.69) is 12.1 Å². The van der Waals surface area contributed by atoms with Gasteiger partial charge in [0.2, 0.25) is 0 Å². The molecule has 0 unspecified atom stereocenters. The molecule has 1 saturated carbocycles. The van der Waals surface area contributed by atoms with E-state index in [9.17, 15) is 0 Å². The van der Waals surface area contributed by atoms with Crippen LogP contribution in [0.2, 0.25) is 0 Å². The summed E-state index contributed by atoms with van der Waals surface area (Å²) >= 11 is 0. The third-order valence-electron chi connectivity index (χ3n) is 4.17.